The van der Waals surface area contributed by atoms with Crippen molar-refractivity contribution in [1.29, 1.82) is 0 Å². The lowest BCUT2D eigenvalue weighted by Gasteiger charge is -2.04. The van der Waals surface area contributed by atoms with E-state index < -0.39 is 11.9 Å². The van der Waals surface area contributed by atoms with Gasteiger partial charge in [0.25, 0.3) is 0 Å². The van der Waals surface area contributed by atoms with Crippen LogP contribution in [0.15, 0.2) is 12.3 Å². The average molecular weight is 184 g/mol. The second-order valence-electron chi connectivity index (χ2n) is 2.28. The highest BCUT2D eigenvalue weighted by Gasteiger charge is 2.13. The van der Waals surface area contributed by atoms with E-state index in [1.807, 2.05) is 0 Å². The van der Waals surface area contributed by atoms with Gasteiger partial charge in [0.2, 0.25) is 5.95 Å². The van der Waals surface area contributed by atoms with Gasteiger partial charge in [-0.2, -0.15) is 4.39 Å². The molecule has 0 aliphatic carbocycles. The van der Waals surface area contributed by atoms with Gasteiger partial charge < -0.3 is 10.5 Å². The van der Waals surface area contributed by atoms with Crippen molar-refractivity contribution >= 4 is 11.7 Å². The number of pyridine rings is 1. The molecule has 0 atom stereocenters. The van der Waals surface area contributed by atoms with Crippen molar-refractivity contribution in [1.82, 2.24) is 4.98 Å². The van der Waals surface area contributed by atoms with Gasteiger partial charge in [-0.15, -0.1) is 0 Å². The first kappa shape index (κ1) is 9.44. The minimum Gasteiger partial charge on any atom is -0.462 e. The molecular weight excluding hydrogens is 175 g/mol. The molecule has 1 aromatic heterocycles. The first-order chi connectivity index (χ1) is 6.16. The molecule has 1 rings (SSSR count). The Morgan fingerprint density at radius 3 is 3.08 bits per heavy atom. The number of hydrogen-bond donors (Lipinski definition) is 1. The Morgan fingerprint density at radius 2 is 2.46 bits per heavy atom. The molecule has 0 radical (unpaired) electrons. The third kappa shape index (κ3) is 1.93. The molecule has 13 heavy (non-hydrogen) atoms. The maximum Gasteiger partial charge on any atom is 0.340 e. The number of carbonyl (C=O) groups excluding carboxylic acids is 1. The van der Waals surface area contributed by atoms with Crippen molar-refractivity contribution in [2.45, 2.75) is 6.92 Å². The largest absolute Gasteiger partial charge is 0.462 e. The van der Waals surface area contributed by atoms with E-state index in [0.717, 1.165) is 6.20 Å². The Hall–Kier alpha value is -1.65. The summed E-state index contributed by atoms with van der Waals surface area (Å²) < 4.78 is 17.4. The van der Waals surface area contributed by atoms with Gasteiger partial charge in [0.05, 0.1) is 12.2 Å². The highest BCUT2D eigenvalue weighted by Crippen LogP contribution is 2.14. The zero-order valence-electron chi connectivity index (χ0n) is 7.08. The monoisotopic (exact) mass is 184 g/mol. The quantitative estimate of drug-likeness (QED) is 0.549. The fourth-order valence-electron chi connectivity index (χ4n) is 0.835. The summed E-state index contributed by atoms with van der Waals surface area (Å²) in [6.45, 7) is 1.88. The van der Waals surface area contributed by atoms with Gasteiger partial charge in [-0.05, 0) is 13.0 Å². The molecular formula is C8H9FN2O2. The van der Waals surface area contributed by atoms with Gasteiger partial charge in [0.1, 0.15) is 5.69 Å². The third-order valence-corrected chi connectivity index (χ3v) is 1.44. The maximum absolute atomic E-state index is 12.7. The molecule has 5 heteroatoms. The predicted molar refractivity (Wildman–Crippen MR) is 44.6 cm³/mol. The van der Waals surface area contributed by atoms with Crippen molar-refractivity contribution in [2.75, 3.05) is 12.3 Å². The lowest BCUT2D eigenvalue weighted by molar-refractivity contribution is 0.0527. The van der Waals surface area contributed by atoms with E-state index >= 15 is 0 Å². The van der Waals surface area contributed by atoms with E-state index in [2.05, 4.69) is 9.72 Å². The van der Waals surface area contributed by atoms with E-state index in [0.29, 0.717) is 0 Å². The minimum atomic E-state index is -0.856. The van der Waals surface area contributed by atoms with Crippen molar-refractivity contribution in [3.63, 3.8) is 0 Å². The molecule has 0 bridgehead atoms. The summed E-state index contributed by atoms with van der Waals surface area (Å²) in [5.41, 5.74) is 5.01. The average Bonchev–Trinajstić information content (AvgIpc) is 2.10. The number of hydrogen-bond acceptors (Lipinski definition) is 4. The molecule has 0 aromatic carbocycles. The molecule has 70 valence electrons. The number of nitrogens with two attached hydrogens (primary N) is 1. The summed E-state index contributed by atoms with van der Waals surface area (Å²) in [5.74, 6) is -1.49. The molecule has 1 heterocycles. The first-order valence-corrected chi connectivity index (χ1v) is 3.74. The fraction of sp³-hybridized carbons (Fsp3) is 0.250. The van der Waals surface area contributed by atoms with Gasteiger partial charge >= 0.3 is 5.97 Å². The second kappa shape index (κ2) is 3.84. The summed E-state index contributed by atoms with van der Waals surface area (Å²) in [6.07, 6.45) is 1.16. The van der Waals surface area contributed by atoms with Crippen LogP contribution < -0.4 is 5.73 Å². The number of nitrogen functional groups attached to an aromatic ring is 1. The Bertz CT molecular complexity index is 328. The third-order valence-electron chi connectivity index (χ3n) is 1.44. The van der Waals surface area contributed by atoms with E-state index in [4.69, 9.17) is 5.73 Å². The van der Waals surface area contributed by atoms with Crippen molar-refractivity contribution in [2.24, 2.45) is 0 Å². The number of halogens is 1. The van der Waals surface area contributed by atoms with Crippen LogP contribution >= 0.6 is 0 Å². The number of rotatable bonds is 2. The standard InChI is InChI=1S/C8H9FN2O2/c1-2-13-8(12)5-3-4-11-7(9)6(5)10/h3-4H,2,10H2,1H3. The lowest BCUT2D eigenvalue weighted by Crippen LogP contribution is -2.09. The van der Waals surface area contributed by atoms with Crippen LogP contribution in [0.1, 0.15) is 17.3 Å². The smallest absolute Gasteiger partial charge is 0.340 e. The zero-order valence-corrected chi connectivity index (χ0v) is 7.08. The topological polar surface area (TPSA) is 65.2 Å². The number of carbonyl (C=O) groups is 1. The highest BCUT2D eigenvalue weighted by molar-refractivity contribution is 5.94. The van der Waals surface area contributed by atoms with Gasteiger partial charge in [0, 0.05) is 6.20 Å². The van der Waals surface area contributed by atoms with E-state index in [9.17, 15) is 9.18 Å². The molecule has 0 fully saturated rings. The van der Waals surface area contributed by atoms with Crippen LogP contribution in [-0.4, -0.2) is 17.6 Å². The molecule has 0 unspecified atom stereocenters. The maximum atomic E-state index is 12.7. The fourth-order valence-corrected chi connectivity index (χ4v) is 0.835. The molecule has 1 aromatic rings. The summed E-state index contributed by atoms with van der Waals surface area (Å²) in [6, 6.07) is 1.32. The van der Waals surface area contributed by atoms with Crippen LogP contribution in [0.25, 0.3) is 0 Å². The molecule has 0 aliphatic heterocycles. The molecule has 0 spiro atoms. The van der Waals surface area contributed by atoms with Gasteiger partial charge in [-0.3, -0.25) is 0 Å². The number of nitrogens with zero attached hydrogens (tertiary/aromatic N) is 1. The number of esters is 1. The van der Waals surface area contributed by atoms with E-state index in [1.54, 1.807) is 6.92 Å². The molecule has 0 amide bonds. The second-order valence-corrected chi connectivity index (χ2v) is 2.28. The predicted octanol–water partition coefficient (Wildman–Crippen LogP) is 0.980. The van der Waals surface area contributed by atoms with Crippen LogP contribution in [0.3, 0.4) is 0 Å². The zero-order chi connectivity index (χ0) is 9.84. The number of anilines is 1. The van der Waals surface area contributed by atoms with Crippen LogP contribution in [-0.2, 0) is 4.74 Å². The highest BCUT2D eigenvalue weighted by atomic mass is 19.1. The molecule has 0 aliphatic rings. The Labute approximate surface area is 74.5 Å². The normalized spacial score (nSPS) is 9.69. The van der Waals surface area contributed by atoms with Crippen LogP contribution in [0.2, 0.25) is 0 Å². The van der Waals surface area contributed by atoms with Crippen molar-refractivity contribution in [3.8, 4) is 0 Å². The molecule has 4 nitrogen and oxygen atoms in total. The molecule has 2 N–H and O–H groups in total. The summed E-state index contributed by atoms with van der Waals surface area (Å²) >= 11 is 0. The van der Waals surface area contributed by atoms with Crippen molar-refractivity contribution in [3.05, 3.63) is 23.8 Å². The number of ether oxygens (including phenoxy) is 1. The molecule has 0 saturated carbocycles. The van der Waals surface area contributed by atoms with E-state index in [-0.39, 0.29) is 17.9 Å². The van der Waals surface area contributed by atoms with E-state index in [1.165, 1.54) is 6.07 Å². The summed E-state index contributed by atoms with van der Waals surface area (Å²) in [7, 11) is 0. The lowest BCUT2D eigenvalue weighted by atomic mass is 10.2. The van der Waals surface area contributed by atoms with Crippen LogP contribution in [0, 0.1) is 5.95 Å². The van der Waals surface area contributed by atoms with Crippen molar-refractivity contribution < 1.29 is 13.9 Å². The van der Waals surface area contributed by atoms with Gasteiger partial charge in [0.15, 0.2) is 0 Å². The van der Waals surface area contributed by atoms with Gasteiger partial charge in [-0.25, -0.2) is 9.78 Å². The summed E-state index contributed by atoms with van der Waals surface area (Å²) in [5, 5.41) is 0. The van der Waals surface area contributed by atoms with Gasteiger partial charge in [-0.1, -0.05) is 0 Å². The Balaban J connectivity index is 3.01. The summed E-state index contributed by atoms with van der Waals surface area (Å²) in [4.78, 5) is 14.4. The minimum absolute atomic E-state index is 0.00866. The molecule has 0 saturated heterocycles. The first-order valence-electron chi connectivity index (χ1n) is 3.74. The Kier molecular flexibility index (Phi) is 2.79. The SMILES string of the molecule is CCOC(=O)c1ccnc(F)c1N. The number of aromatic nitrogens is 1. The van der Waals surface area contributed by atoms with Crippen LogP contribution in [0.4, 0.5) is 10.1 Å². The Morgan fingerprint density at radius 1 is 1.77 bits per heavy atom. The van der Waals surface area contributed by atoms with Crippen LogP contribution in [0.5, 0.6) is 0 Å².